The van der Waals surface area contributed by atoms with Gasteiger partial charge in [0.1, 0.15) is 12.4 Å². The van der Waals surface area contributed by atoms with Crippen LogP contribution in [-0.4, -0.2) is 49.1 Å². The molecular weight excluding hydrogens is 212 g/mol. The molecule has 0 fully saturated rings. The smallest absolute Gasteiger partial charge is 0.172 e. The normalized spacial score (nSPS) is 11.4. The van der Waals surface area contributed by atoms with Crippen molar-refractivity contribution in [1.29, 1.82) is 0 Å². The lowest BCUT2D eigenvalue weighted by Gasteiger charge is -2.11. The Bertz CT molecular complexity index is 455. The molecule has 0 unspecified atom stereocenters. The Kier molecular flexibility index (Phi) is 3.40. The standard InChI is InChI=1S/C9H12N4O3/c14-3-8(4-15)16-5-7-1-11-9-2-10-6-12-13(7)9/h1-2,6,8,14-15H,3-5H2. The van der Waals surface area contributed by atoms with Crippen LogP contribution in [0.3, 0.4) is 0 Å². The van der Waals surface area contributed by atoms with Crippen molar-refractivity contribution in [3.05, 3.63) is 24.4 Å². The maximum absolute atomic E-state index is 8.83. The summed E-state index contributed by atoms with van der Waals surface area (Å²) < 4.78 is 6.87. The van der Waals surface area contributed by atoms with Crippen LogP contribution < -0.4 is 0 Å². The fraction of sp³-hybridized carbons (Fsp3) is 0.444. The van der Waals surface area contributed by atoms with Gasteiger partial charge in [0.25, 0.3) is 0 Å². The second kappa shape index (κ2) is 4.97. The van der Waals surface area contributed by atoms with Crippen molar-refractivity contribution in [2.75, 3.05) is 13.2 Å². The van der Waals surface area contributed by atoms with Gasteiger partial charge in [-0.05, 0) is 0 Å². The first-order valence-electron chi connectivity index (χ1n) is 4.81. The van der Waals surface area contributed by atoms with E-state index >= 15 is 0 Å². The van der Waals surface area contributed by atoms with Crippen LogP contribution >= 0.6 is 0 Å². The minimum Gasteiger partial charge on any atom is -0.394 e. The highest BCUT2D eigenvalue weighted by molar-refractivity contribution is 5.34. The average molecular weight is 224 g/mol. The van der Waals surface area contributed by atoms with Crippen molar-refractivity contribution < 1.29 is 14.9 Å². The number of nitrogens with zero attached hydrogens (tertiary/aromatic N) is 4. The molecule has 0 bridgehead atoms. The van der Waals surface area contributed by atoms with Crippen LogP contribution in [0.1, 0.15) is 5.69 Å². The number of hydrogen-bond donors (Lipinski definition) is 2. The molecule has 0 amide bonds. The number of aromatic nitrogens is 4. The number of hydrogen-bond acceptors (Lipinski definition) is 6. The molecule has 2 N–H and O–H groups in total. The molecule has 0 radical (unpaired) electrons. The maximum atomic E-state index is 8.83. The summed E-state index contributed by atoms with van der Waals surface area (Å²) in [7, 11) is 0. The van der Waals surface area contributed by atoms with E-state index in [2.05, 4.69) is 15.1 Å². The highest BCUT2D eigenvalue weighted by Gasteiger charge is 2.09. The molecule has 0 aliphatic carbocycles. The van der Waals surface area contributed by atoms with Crippen molar-refractivity contribution in [2.45, 2.75) is 12.7 Å². The zero-order chi connectivity index (χ0) is 11.4. The van der Waals surface area contributed by atoms with Gasteiger partial charge in [0.2, 0.25) is 0 Å². The van der Waals surface area contributed by atoms with Crippen LogP contribution in [0.4, 0.5) is 0 Å². The predicted molar refractivity (Wildman–Crippen MR) is 53.5 cm³/mol. The van der Waals surface area contributed by atoms with E-state index in [0.29, 0.717) is 5.65 Å². The predicted octanol–water partition coefficient (Wildman–Crippen LogP) is -1.01. The van der Waals surface area contributed by atoms with Gasteiger partial charge in [-0.3, -0.25) is 0 Å². The Balaban J connectivity index is 2.09. The summed E-state index contributed by atoms with van der Waals surface area (Å²) in [6.07, 6.45) is 4.04. The number of rotatable bonds is 5. The van der Waals surface area contributed by atoms with Crippen LogP contribution in [0.2, 0.25) is 0 Å². The SMILES string of the molecule is OCC(CO)OCc1cnc2cncnn12. The molecular formula is C9H12N4O3. The van der Waals surface area contributed by atoms with Gasteiger partial charge < -0.3 is 14.9 Å². The quantitative estimate of drug-likeness (QED) is 0.676. The molecule has 86 valence electrons. The number of ether oxygens (including phenoxy) is 1. The Morgan fingerprint density at radius 2 is 2.12 bits per heavy atom. The minimum atomic E-state index is -0.576. The van der Waals surface area contributed by atoms with Crippen molar-refractivity contribution in [3.63, 3.8) is 0 Å². The van der Waals surface area contributed by atoms with E-state index in [4.69, 9.17) is 14.9 Å². The maximum Gasteiger partial charge on any atom is 0.172 e. The summed E-state index contributed by atoms with van der Waals surface area (Å²) in [5.41, 5.74) is 1.37. The summed E-state index contributed by atoms with van der Waals surface area (Å²) >= 11 is 0. The van der Waals surface area contributed by atoms with Gasteiger partial charge in [-0.25, -0.2) is 14.5 Å². The second-order valence-corrected chi connectivity index (χ2v) is 3.23. The lowest BCUT2D eigenvalue weighted by Crippen LogP contribution is -2.22. The van der Waals surface area contributed by atoms with Crippen LogP contribution in [0.15, 0.2) is 18.7 Å². The van der Waals surface area contributed by atoms with E-state index in [-0.39, 0.29) is 19.8 Å². The molecule has 0 spiro atoms. The molecule has 0 aromatic carbocycles. The third-order valence-electron chi connectivity index (χ3n) is 2.13. The first kappa shape index (κ1) is 10.9. The summed E-state index contributed by atoms with van der Waals surface area (Å²) in [6, 6.07) is 0. The van der Waals surface area contributed by atoms with Crippen molar-refractivity contribution in [3.8, 4) is 0 Å². The fourth-order valence-corrected chi connectivity index (χ4v) is 1.26. The zero-order valence-electron chi connectivity index (χ0n) is 8.52. The molecule has 0 aliphatic heterocycles. The second-order valence-electron chi connectivity index (χ2n) is 3.23. The van der Waals surface area contributed by atoms with Crippen molar-refractivity contribution in [2.24, 2.45) is 0 Å². The summed E-state index contributed by atoms with van der Waals surface area (Å²) in [5, 5.41) is 21.7. The number of aliphatic hydroxyl groups is 2. The number of fused-ring (bicyclic) bond motifs is 1. The molecule has 2 aromatic rings. The lowest BCUT2D eigenvalue weighted by molar-refractivity contribution is -0.0300. The molecule has 16 heavy (non-hydrogen) atoms. The van der Waals surface area contributed by atoms with Crippen molar-refractivity contribution >= 4 is 5.65 Å². The van der Waals surface area contributed by atoms with E-state index in [1.807, 2.05) is 0 Å². The highest BCUT2D eigenvalue weighted by atomic mass is 16.5. The van der Waals surface area contributed by atoms with Gasteiger partial charge in [-0.2, -0.15) is 5.10 Å². The van der Waals surface area contributed by atoms with Crippen LogP contribution in [0.5, 0.6) is 0 Å². The Morgan fingerprint density at radius 3 is 2.88 bits per heavy atom. The first-order valence-corrected chi connectivity index (χ1v) is 4.81. The molecule has 0 atom stereocenters. The largest absolute Gasteiger partial charge is 0.394 e. The average Bonchev–Trinajstić information content (AvgIpc) is 2.74. The van der Waals surface area contributed by atoms with E-state index in [0.717, 1.165) is 5.69 Å². The monoisotopic (exact) mass is 224 g/mol. The van der Waals surface area contributed by atoms with E-state index in [1.165, 1.54) is 6.33 Å². The third kappa shape index (κ3) is 2.16. The molecule has 2 heterocycles. The molecule has 2 aromatic heterocycles. The van der Waals surface area contributed by atoms with Gasteiger partial charge in [-0.15, -0.1) is 0 Å². The Hall–Kier alpha value is -1.57. The zero-order valence-corrected chi connectivity index (χ0v) is 8.52. The van der Waals surface area contributed by atoms with Gasteiger partial charge >= 0.3 is 0 Å². The lowest BCUT2D eigenvalue weighted by atomic mass is 10.4. The van der Waals surface area contributed by atoms with Crippen molar-refractivity contribution in [1.82, 2.24) is 19.6 Å². The Labute approximate surface area is 91.3 Å². The number of aliphatic hydroxyl groups excluding tert-OH is 2. The summed E-state index contributed by atoms with van der Waals surface area (Å²) in [4.78, 5) is 7.92. The highest BCUT2D eigenvalue weighted by Crippen LogP contribution is 2.05. The molecule has 7 heteroatoms. The topological polar surface area (TPSA) is 92.8 Å². The number of imidazole rings is 1. The fourth-order valence-electron chi connectivity index (χ4n) is 1.26. The van der Waals surface area contributed by atoms with E-state index in [1.54, 1.807) is 16.9 Å². The third-order valence-corrected chi connectivity index (χ3v) is 2.13. The summed E-state index contributed by atoms with van der Waals surface area (Å²) in [6.45, 7) is -0.214. The minimum absolute atomic E-state index is 0.220. The first-order chi connectivity index (χ1) is 7.85. The van der Waals surface area contributed by atoms with E-state index in [9.17, 15) is 0 Å². The Morgan fingerprint density at radius 1 is 1.31 bits per heavy atom. The molecule has 0 aliphatic rings. The molecule has 7 nitrogen and oxygen atoms in total. The van der Waals surface area contributed by atoms with Crippen LogP contribution in [-0.2, 0) is 11.3 Å². The van der Waals surface area contributed by atoms with Crippen LogP contribution in [0, 0.1) is 0 Å². The molecule has 0 saturated heterocycles. The molecule has 0 saturated carbocycles. The van der Waals surface area contributed by atoms with Gasteiger partial charge in [0.05, 0.1) is 37.9 Å². The molecule has 2 rings (SSSR count). The van der Waals surface area contributed by atoms with Gasteiger partial charge in [-0.1, -0.05) is 0 Å². The van der Waals surface area contributed by atoms with Gasteiger partial charge in [0.15, 0.2) is 5.65 Å². The van der Waals surface area contributed by atoms with Crippen LogP contribution in [0.25, 0.3) is 5.65 Å². The van der Waals surface area contributed by atoms with Gasteiger partial charge in [0, 0.05) is 0 Å². The summed E-state index contributed by atoms with van der Waals surface area (Å²) in [5.74, 6) is 0. The van der Waals surface area contributed by atoms with E-state index < -0.39 is 6.10 Å².